The van der Waals surface area contributed by atoms with Crippen LogP contribution in [0.5, 0.6) is 23.0 Å². The van der Waals surface area contributed by atoms with Gasteiger partial charge in [-0.1, -0.05) is 36.4 Å². The molecule has 80 heavy (non-hydrogen) atoms. The molecule has 6 amide bonds. The molecule has 4 atom stereocenters. The molecule has 0 bridgehead atoms. The van der Waals surface area contributed by atoms with Crippen molar-refractivity contribution in [2.24, 2.45) is 4.99 Å². The van der Waals surface area contributed by atoms with Gasteiger partial charge in [-0.15, -0.1) is 0 Å². The average molecular weight is 1090 g/mol. The van der Waals surface area contributed by atoms with Gasteiger partial charge in [-0.25, -0.2) is 0 Å². The Kier molecular flexibility index (Phi) is 17.9. The summed E-state index contributed by atoms with van der Waals surface area (Å²) in [6.07, 6.45) is 6.40. The van der Waals surface area contributed by atoms with Crippen LogP contribution in [0.2, 0.25) is 0 Å². The number of aliphatic imine (C=N–C) groups is 1. The number of likely N-dealkylation sites (N-methyl/N-ethyl adjacent to an activating group) is 1. The quantitative estimate of drug-likeness (QED) is 0.0320. The van der Waals surface area contributed by atoms with Crippen LogP contribution in [0.25, 0.3) is 0 Å². The van der Waals surface area contributed by atoms with Gasteiger partial charge in [-0.3, -0.25) is 33.8 Å². The van der Waals surface area contributed by atoms with E-state index < -0.39 is 23.9 Å². The Bertz CT molecular complexity index is 3180. The van der Waals surface area contributed by atoms with Crippen LogP contribution < -0.4 is 60.2 Å². The maximum atomic E-state index is 14.3. The van der Waals surface area contributed by atoms with Gasteiger partial charge in [0.1, 0.15) is 25.3 Å². The van der Waals surface area contributed by atoms with Gasteiger partial charge < -0.3 is 60.2 Å². The number of carbonyl (C=O) groups is 6. The maximum Gasteiger partial charge on any atom is 0.260 e. The molecule has 19 nitrogen and oxygen atoms in total. The monoisotopic (exact) mass is 1090 g/mol. The van der Waals surface area contributed by atoms with Crippen LogP contribution >= 0.6 is 0 Å². The number of amides is 6. The lowest BCUT2D eigenvalue weighted by Crippen LogP contribution is -2.50. The third-order valence-electron chi connectivity index (χ3n) is 15.0. The molecule has 0 spiro atoms. The van der Waals surface area contributed by atoms with E-state index in [-0.39, 0.29) is 55.3 Å². The minimum absolute atomic E-state index is 0.00392. The van der Waals surface area contributed by atoms with Crippen LogP contribution in [0.1, 0.15) is 102 Å². The fourth-order valence-corrected chi connectivity index (χ4v) is 10.8. The van der Waals surface area contributed by atoms with Gasteiger partial charge in [0.15, 0.2) is 23.0 Å². The van der Waals surface area contributed by atoms with E-state index >= 15 is 0 Å². The van der Waals surface area contributed by atoms with Crippen LogP contribution in [-0.4, -0.2) is 113 Å². The highest BCUT2D eigenvalue weighted by molar-refractivity contribution is 6.13. The first-order valence-corrected chi connectivity index (χ1v) is 27.5. The molecule has 5 aromatic carbocycles. The predicted molar refractivity (Wildman–Crippen MR) is 308 cm³/mol. The number of hydrogen-bond acceptors (Lipinski definition) is 13. The van der Waals surface area contributed by atoms with Crippen molar-refractivity contribution in [1.29, 1.82) is 0 Å². The highest BCUT2D eigenvalue weighted by Gasteiger charge is 2.40. The molecule has 4 aliphatic rings. The zero-order valence-corrected chi connectivity index (χ0v) is 46.3. The Morgan fingerprint density at radius 3 is 1.93 bits per heavy atom. The summed E-state index contributed by atoms with van der Waals surface area (Å²) in [4.78, 5) is 90.6. The number of rotatable bonds is 23. The van der Waals surface area contributed by atoms with Gasteiger partial charge >= 0.3 is 0 Å². The molecule has 5 N–H and O–H groups in total. The van der Waals surface area contributed by atoms with E-state index in [4.69, 9.17) is 18.9 Å². The number of anilines is 5. The summed E-state index contributed by atoms with van der Waals surface area (Å²) in [5, 5.41) is 14.7. The number of fused-ring (bicyclic) bond motifs is 8. The number of ether oxygens (including phenoxy) is 4. The van der Waals surface area contributed by atoms with Gasteiger partial charge in [0.2, 0.25) is 23.6 Å². The lowest BCUT2D eigenvalue weighted by atomic mass is 10.1. The predicted octanol–water partition coefficient (Wildman–Crippen LogP) is 7.38. The van der Waals surface area contributed by atoms with Crippen molar-refractivity contribution < 1.29 is 47.7 Å². The van der Waals surface area contributed by atoms with E-state index in [1.807, 2.05) is 72.3 Å². The Morgan fingerprint density at radius 2 is 1.26 bits per heavy atom. The minimum Gasteiger partial charge on any atom is -0.493 e. The normalized spacial score (nSPS) is 16.6. The van der Waals surface area contributed by atoms with Crippen LogP contribution in [0, 0.1) is 0 Å². The molecule has 4 aliphatic heterocycles. The summed E-state index contributed by atoms with van der Waals surface area (Å²) in [7, 11) is 5.01. The molecule has 4 heterocycles. The fourth-order valence-electron chi connectivity index (χ4n) is 10.8. The molecular weight excluding hydrogens is 1020 g/mol. The van der Waals surface area contributed by atoms with Crippen molar-refractivity contribution >= 4 is 70.1 Å². The summed E-state index contributed by atoms with van der Waals surface area (Å²) < 4.78 is 24.7. The minimum atomic E-state index is -1.02. The number of nitrogens with one attached hydrogen (secondary N) is 5. The number of nitrogens with zero attached hydrogens (tertiary/aromatic N) is 4. The van der Waals surface area contributed by atoms with Crippen LogP contribution in [0.15, 0.2) is 96.0 Å². The summed E-state index contributed by atoms with van der Waals surface area (Å²) in [6, 6.07) is 26.3. The first kappa shape index (κ1) is 56.1. The smallest absolute Gasteiger partial charge is 0.260 e. The molecule has 420 valence electrons. The molecule has 0 saturated carbocycles. The Labute approximate surface area is 466 Å². The first-order valence-electron chi connectivity index (χ1n) is 27.5. The Balaban J connectivity index is 0.884. The second-order valence-corrected chi connectivity index (χ2v) is 20.7. The molecule has 0 unspecified atom stereocenters. The molecule has 9 rings (SSSR count). The number of methoxy groups -OCH3 is 2. The molecule has 0 fully saturated rings. The van der Waals surface area contributed by atoms with Crippen molar-refractivity contribution in [3.05, 3.63) is 124 Å². The van der Waals surface area contributed by atoms with E-state index in [0.29, 0.717) is 101 Å². The van der Waals surface area contributed by atoms with Crippen LogP contribution in [-0.2, 0) is 45.2 Å². The van der Waals surface area contributed by atoms with E-state index in [2.05, 4.69) is 48.6 Å². The lowest BCUT2D eigenvalue weighted by Gasteiger charge is -2.25. The van der Waals surface area contributed by atoms with Gasteiger partial charge in [0, 0.05) is 75.3 Å². The number of hydrogen-bond donors (Lipinski definition) is 5. The SMILES string of the molecule is CC=NCCCCNC(=O)CCCCC(=O)N[C@@H](C)C(=O)N[C@@H](C)C(=O)Nc1cc(COc2cc3c(cc2OC)C(=O)N2c4ccccc4C[C@H]2CN3)cc(COc2cc3c(cc2OC)C(=O)N2c4ccccc4C[C@H]2CN3C)c1. The Morgan fingerprint density at radius 1 is 0.675 bits per heavy atom. The first-order chi connectivity index (χ1) is 38.7. The number of carbonyl (C=O) groups excluding carboxylic acids is 6. The summed E-state index contributed by atoms with van der Waals surface area (Å²) >= 11 is 0. The van der Waals surface area contributed by atoms with E-state index in [0.717, 1.165) is 54.7 Å². The molecule has 0 radical (unpaired) electrons. The van der Waals surface area contributed by atoms with Crippen molar-refractivity contribution in [3.8, 4) is 23.0 Å². The van der Waals surface area contributed by atoms with E-state index in [1.165, 1.54) is 14.2 Å². The number of unbranched alkanes of at least 4 members (excludes halogenated alkanes) is 2. The third kappa shape index (κ3) is 12.8. The van der Waals surface area contributed by atoms with Gasteiger partial charge in [-0.2, -0.15) is 0 Å². The number of para-hydroxylation sites is 2. The largest absolute Gasteiger partial charge is 0.493 e. The number of benzene rings is 5. The lowest BCUT2D eigenvalue weighted by molar-refractivity contribution is -0.130. The van der Waals surface area contributed by atoms with Gasteiger partial charge in [-0.05, 0) is 130 Å². The van der Waals surface area contributed by atoms with Crippen molar-refractivity contribution in [2.75, 3.05) is 72.8 Å². The molecule has 0 saturated heterocycles. The topological polar surface area (TPSA) is 222 Å². The average Bonchev–Trinajstić information content (AvgIpc) is 4.15. The zero-order valence-electron chi connectivity index (χ0n) is 46.3. The van der Waals surface area contributed by atoms with Crippen LogP contribution in [0.3, 0.4) is 0 Å². The van der Waals surface area contributed by atoms with Gasteiger partial charge in [0.25, 0.3) is 11.8 Å². The van der Waals surface area contributed by atoms with Crippen molar-refractivity contribution in [1.82, 2.24) is 16.0 Å². The molecule has 5 aromatic rings. The highest BCUT2D eigenvalue weighted by atomic mass is 16.5. The second kappa shape index (κ2) is 25.5. The molecule has 0 aliphatic carbocycles. The van der Waals surface area contributed by atoms with E-state index in [9.17, 15) is 28.8 Å². The maximum absolute atomic E-state index is 14.3. The second-order valence-electron chi connectivity index (χ2n) is 20.7. The summed E-state index contributed by atoms with van der Waals surface area (Å²) in [5.74, 6) is -0.223. The fraction of sp³-hybridized carbons (Fsp3) is 0.393. The van der Waals surface area contributed by atoms with Crippen molar-refractivity contribution in [2.45, 2.75) is 110 Å². The summed E-state index contributed by atoms with van der Waals surface area (Å²) in [5.41, 5.74) is 7.99. The van der Waals surface area contributed by atoms with E-state index in [1.54, 1.807) is 50.4 Å². The van der Waals surface area contributed by atoms with Crippen molar-refractivity contribution in [3.63, 3.8) is 0 Å². The van der Waals surface area contributed by atoms with Gasteiger partial charge in [0.05, 0.1) is 48.8 Å². The molecular formula is C61H71N9O10. The summed E-state index contributed by atoms with van der Waals surface area (Å²) in [6.45, 7) is 7.42. The standard InChI is InChI=1S/C61H71N9O10/c1-7-62-22-14-15-23-63-56(71)20-12-13-21-57(72)65-37(2)58(73)66-38(3)59(74)67-43-25-39(35-79-54-31-48-46(29-52(54)77-5)60(75)69-44(33-64-48)27-41-16-8-10-18-49(41)69)24-40(26-43)36-80-55-32-51-47(30-53(55)78-6)61(76)70-45(34-68(51)4)28-42-17-9-11-19-50(42)70/h7-11,16-19,24-26,29-32,37-38,44-45,64H,12-15,20-23,27-28,33-36H2,1-6H3,(H,63,71)(H,65,72)(H,66,73)(H,67,74)/t37-,38-,44-,45-/m0/s1. The third-order valence-corrected chi connectivity index (χ3v) is 15.0. The zero-order chi connectivity index (χ0) is 56.5. The van der Waals surface area contributed by atoms with Crippen LogP contribution in [0.4, 0.5) is 28.4 Å². The molecule has 0 aromatic heterocycles. The molecule has 19 heteroatoms. The highest BCUT2D eigenvalue weighted by Crippen LogP contribution is 2.43. The Hall–Kier alpha value is -8.61.